The van der Waals surface area contributed by atoms with Crippen molar-refractivity contribution in [3.63, 3.8) is 0 Å². The zero-order chi connectivity index (χ0) is 23.7. The van der Waals surface area contributed by atoms with Crippen LogP contribution in [-0.2, 0) is 16.6 Å². The van der Waals surface area contributed by atoms with Gasteiger partial charge in [0, 0.05) is 55.7 Å². The number of carbonyl (C=O) groups is 1. The summed E-state index contributed by atoms with van der Waals surface area (Å²) in [4.78, 5) is 22.5. The highest BCUT2D eigenvalue weighted by atomic mass is 16.1. The molecule has 176 valence electrons. The maximum atomic E-state index is 13.1. The first-order valence-corrected chi connectivity index (χ1v) is 12.5. The Hall–Kier alpha value is -3.51. The number of H-pyrrole nitrogens is 1. The number of fused-ring (bicyclic) bond motifs is 3. The molecule has 0 bridgehead atoms. The molecular weight excluding hydrogens is 434 g/mol. The van der Waals surface area contributed by atoms with E-state index < -0.39 is 0 Å². The van der Waals surface area contributed by atoms with Gasteiger partial charge in [-0.25, -0.2) is 4.98 Å². The zero-order valence-electron chi connectivity index (χ0n) is 20.2. The molecule has 2 aromatic heterocycles. The highest BCUT2D eigenvalue weighted by Crippen LogP contribution is 2.64. The summed E-state index contributed by atoms with van der Waals surface area (Å²) in [7, 11) is 2.16. The fraction of sp³-hybridized carbons (Fsp3) is 0.345. The second kappa shape index (κ2) is 7.49. The van der Waals surface area contributed by atoms with Crippen LogP contribution in [0.3, 0.4) is 0 Å². The minimum absolute atomic E-state index is 0.249. The Morgan fingerprint density at radius 2 is 1.89 bits per heavy atom. The van der Waals surface area contributed by atoms with E-state index in [1.807, 2.05) is 6.20 Å². The summed E-state index contributed by atoms with van der Waals surface area (Å²) in [5, 5.41) is 8.96. The largest absolute Gasteiger partial charge is 0.354 e. The Bertz CT molecular complexity index is 1460. The van der Waals surface area contributed by atoms with Crippen LogP contribution in [0.2, 0.25) is 0 Å². The fourth-order valence-corrected chi connectivity index (χ4v) is 6.23. The Labute approximate surface area is 205 Å². The third kappa shape index (κ3) is 3.16. The van der Waals surface area contributed by atoms with Crippen LogP contribution in [0, 0.1) is 6.92 Å². The van der Waals surface area contributed by atoms with Crippen molar-refractivity contribution in [2.45, 2.75) is 31.1 Å². The summed E-state index contributed by atoms with van der Waals surface area (Å²) in [5.74, 6) is 1.65. The van der Waals surface area contributed by atoms with E-state index in [-0.39, 0.29) is 11.3 Å². The Balaban J connectivity index is 1.17. The molecule has 1 saturated heterocycles. The second-order valence-electron chi connectivity index (χ2n) is 10.6. The molecular formula is C29H29N5O. The zero-order valence-corrected chi connectivity index (χ0v) is 20.2. The van der Waals surface area contributed by atoms with Crippen LogP contribution in [0.4, 0.5) is 5.82 Å². The number of piperazine rings is 1. The van der Waals surface area contributed by atoms with Crippen molar-refractivity contribution in [3.05, 3.63) is 77.0 Å². The SMILES string of the molecule is Cc1ccc2c(c1)[C@]1(C[C@@H]1c1ccc3c(-c4ccc(N5CCN(C)CC5)nc4)n[nH]c3c1)C(=O)C2. The van der Waals surface area contributed by atoms with Crippen LogP contribution in [0.5, 0.6) is 0 Å². The minimum atomic E-state index is -0.319. The van der Waals surface area contributed by atoms with Crippen LogP contribution in [-0.4, -0.2) is 59.1 Å². The summed E-state index contributed by atoms with van der Waals surface area (Å²) in [5.41, 5.74) is 7.54. The predicted molar refractivity (Wildman–Crippen MR) is 138 cm³/mol. The summed E-state index contributed by atoms with van der Waals surface area (Å²) in [6.45, 7) is 6.25. The van der Waals surface area contributed by atoms with Crippen LogP contribution in [0.25, 0.3) is 22.2 Å². The number of aromatic nitrogens is 3. The van der Waals surface area contributed by atoms with Crippen molar-refractivity contribution < 1.29 is 4.79 Å². The van der Waals surface area contributed by atoms with E-state index in [0.717, 1.165) is 60.6 Å². The molecule has 2 atom stereocenters. The van der Waals surface area contributed by atoms with E-state index >= 15 is 0 Å². The lowest BCUT2D eigenvalue weighted by atomic mass is 9.90. The predicted octanol–water partition coefficient (Wildman–Crippen LogP) is 4.24. The van der Waals surface area contributed by atoms with Gasteiger partial charge in [-0.15, -0.1) is 0 Å². The van der Waals surface area contributed by atoms with Gasteiger partial charge in [0.15, 0.2) is 0 Å². The van der Waals surface area contributed by atoms with Crippen molar-refractivity contribution >= 4 is 22.5 Å². The standard InChI is InChI=1S/C29H29N5O/c1-18-3-4-20-15-26(35)29(23(20)13-18)16-24(29)19-5-7-22-25(14-19)31-32-28(22)21-6-8-27(30-17-21)34-11-9-33(2)10-12-34/h3-8,13-14,17,24H,9-12,15-16H2,1-2H3,(H,31,32)/t24-,29+/m1/s1. The average molecular weight is 464 g/mol. The molecule has 0 amide bonds. The topological polar surface area (TPSA) is 65.1 Å². The number of benzene rings is 2. The van der Waals surface area contributed by atoms with Gasteiger partial charge in [0.1, 0.15) is 17.3 Å². The number of hydrogen-bond acceptors (Lipinski definition) is 5. The van der Waals surface area contributed by atoms with Gasteiger partial charge in [-0.3, -0.25) is 9.89 Å². The number of rotatable bonds is 3. The lowest BCUT2D eigenvalue weighted by molar-refractivity contribution is -0.120. The molecule has 1 saturated carbocycles. The first-order valence-electron chi connectivity index (χ1n) is 12.5. The number of aryl methyl sites for hydroxylation is 1. The molecule has 7 rings (SSSR count). The second-order valence-corrected chi connectivity index (χ2v) is 10.6. The summed E-state index contributed by atoms with van der Waals surface area (Å²) < 4.78 is 0. The van der Waals surface area contributed by atoms with E-state index in [0.29, 0.717) is 12.2 Å². The lowest BCUT2D eigenvalue weighted by Crippen LogP contribution is -2.44. The van der Waals surface area contributed by atoms with Crippen LogP contribution in [0.15, 0.2) is 54.7 Å². The first kappa shape index (κ1) is 20.8. The number of ketones is 1. The number of aromatic amines is 1. The average Bonchev–Trinajstić information content (AvgIpc) is 3.40. The smallest absolute Gasteiger partial charge is 0.148 e. The molecule has 4 aromatic rings. The highest BCUT2D eigenvalue weighted by Gasteiger charge is 2.64. The quantitative estimate of drug-likeness (QED) is 0.493. The molecule has 1 spiro atoms. The number of nitrogens with one attached hydrogen (secondary N) is 1. The van der Waals surface area contributed by atoms with Gasteiger partial charge in [0.25, 0.3) is 0 Å². The molecule has 35 heavy (non-hydrogen) atoms. The molecule has 6 heteroatoms. The van der Waals surface area contributed by atoms with Crippen molar-refractivity contribution in [2.75, 3.05) is 38.1 Å². The number of likely N-dealkylation sites (N-methyl/N-ethyl adjacent to an activating group) is 1. The lowest BCUT2D eigenvalue weighted by Gasteiger charge is -2.33. The monoisotopic (exact) mass is 463 g/mol. The Morgan fingerprint density at radius 3 is 2.69 bits per heavy atom. The molecule has 1 aliphatic heterocycles. The van der Waals surface area contributed by atoms with E-state index in [9.17, 15) is 4.79 Å². The number of anilines is 1. The van der Waals surface area contributed by atoms with Crippen LogP contribution < -0.4 is 4.90 Å². The van der Waals surface area contributed by atoms with Gasteiger partial charge in [-0.1, -0.05) is 35.9 Å². The van der Waals surface area contributed by atoms with Gasteiger partial charge in [-0.05, 0) is 55.3 Å². The number of Topliss-reactive ketones (excluding diaryl/α,β-unsaturated/α-hetero) is 1. The molecule has 0 radical (unpaired) electrons. The van der Waals surface area contributed by atoms with Crippen molar-refractivity contribution in [1.29, 1.82) is 0 Å². The van der Waals surface area contributed by atoms with E-state index in [2.05, 4.69) is 82.5 Å². The maximum absolute atomic E-state index is 13.1. The third-order valence-corrected chi connectivity index (χ3v) is 8.39. The first-order chi connectivity index (χ1) is 17.0. The van der Waals surface area contributed by atoms with Gasteiger partial charge in [0.2, 0.25) is 0 Å². The molecule has 1 N–H and O–H groups in total. The van der Waals surface area contributed by atoms with Crippen molar-refractivity contribution in [2.24, 2.45) is 0 Å². The number of hydrogen-bond donors (Lipinski definition) is 1. The minimum Gasteiger partial charge on any atom is -0.354 e. The maximum Gasteiger partial charge on any atom is 0.148 e. The Morgan fingerprint density at radius 1 is 1.03 bits per heavy atom. The van der Waals surface area contributed by atoms with E-state index in [1.165, 1.54) is 22.3 Å². The van der Waals surface area contributed by atoms with Gasteiger partial charge in [-0.2, -0.15) is 5.10 Å². The third-order valence-electron chi connectivity index (χ3n) is 8.39. The summed E-state index contributed by atoms with van der Waals surface area (Å²) in [6, 6.07) is 17.2. The number of pyridine rings is 1. The summed E-state index contributed by atoms with van der Waals surface area (Å²) >= 11 is 0. The molecule has 3 heterocycles. The van der Waals surface area contributed by atoms with Crippen molar-refractivity contribution in [1.82, 2.24) is 20.1 Å². The normalized spacial score (nSPS) is 23.9. The molecule has 2 aromatic carbocycles. The fourth-order valence-electron chi connectivity index (χ4n) is 6.23. The highest BCUT2D eigenvalue weighted by molar-refractivity contribution is 6.01. The van der Waals surface area contributed by atoms with Crippen LogP contribution in [0.1, 0.15) is 34.6 Å². The number of nitrogens with zero attached hydrogens (tertiary/aromatic N) is 4. The number of carbonyl (C=O) groups excluding carboxylic acids is 1. The molecule has 2 fully saturated rings. The Kier molecular flexibility index (Phi) is 4.46. The van der Waals surface area contributed by atoms with E-state index in [4.69, 9.17) is 4.98 Å². The van der Waals surface area contributed by atoms with Crippen molar-refractivity contribution in [3.8, 4) is 11.3 Å². The molecule has 2 aliphatic carbocycles. The molecule has 0 unspecified atom stereocenters. The van der Waals surface area contributed by atoms with Gasteiger partial charge >= 0.3 is 0 Å². The van der Waals surface area contributed by atoms with Gasteiger partial charge < -0.3 is 9.80 Å². The molecule has 6 nitrogen and oxygen atoms in total. The van der Waals surface area contributed by atoms with Gasteiger partial charge in [0.05, 0.1) is 10.9 Å². The molecule has 3 aliphatic rings. The summed E-state index contributed by atoms with van der Waals surface area (Å²) in [6.07, 6.45) is 3.41. The van der Waals surface area contributed by atoms with E-state index in [1.54, 1.807) is 0 Å². The van der Waals surface area contributed by atoms with Crippen LogP contribution >= 0.6 is 0 Å².